The summed E-state index contributed by atoms with van der Waals surface area (Å²) in [6, 6.07) is 5.31. The van der Waals surface area contributed by atoms with Gasteiger partial charge in [0, 0.05) is 24.0 Å². The summed E-state index contributed by atoms with van der Waals surface area (Å²) >= 11 is 1.31. The number of amides is 1. The number of alkyl halides is 3. The standard InChI is InChI=1S/C26H37F3N2O2S/c1-4-18(3)19-9-12-25(5-2,16-19)17-23(32)24(33)30-21-10-13-31(14-11-21)34-22-8-6-7-20(15-22)26(27,28)29/h4,6-8,15,18-19,21,23,32H,1,5,9-14,16-17H2,2-3H3,(H,30,33). The third-order valence-corrected chi connectivity index (χ3v) is 8.82. The highest BCUT2D eigenvalue weighted by Crippen LogP contribution is 2.50. The Labute approximate surface area is 205 Å². The molecule has 0 bridgehead atoms. The van der Waals surface area contributed by atoms with Gasteiger partial charge in [0.25, 0.3) is 0 Å². The molecule has 8 heteroatoms. The SMILES string of the molecule is C=CC(C)C1CCC(CC)(CC(O)C(=O)NC2CCN(Sc3cccc(C(F)(F)F)c3)CC2)C1. The highest BCUT2D eigenvalue weighted by Gasteiger charge is 2.41. The van der Waals surface area contributed by atoms with E-state index in [-0.39, 0.29) is 17.4 Å². The second-order valence-corrected chi connectivity index (χ2v) is 11.2. The lowest BCUT2D eigenvalue weighted by Gasteiger charge is -2.33. The molecule has 1 aliphatic heterocycles. The molecule has 1 heterocycles. The molecule has 3 rings (SSSR count). The van der Waals surface area contributed by atoms with Crippen LogP contribution in [0, 0.1) is 17.3 Å². The first-order valence-corrected chi connectivity index (χ1v) is 13.0. The number of hydrogen-bond acceptors (Lipinski definition) is 4. The molecule has 2 aliphatic rings. The Hall–Kier alpha value is -1.51. The number of carbonyl (C=O) groups is 1. The van der Waals surface area contributed by atoms with E-state index < -0.39 is 17.8 Å². The number of benzene rings is 1. The lowest BCUT2D eigenvalue weighted by Crippen LogP contribution is -2.47. The van der Waals surface area contributed by atoms with Gasteiger partial charge in [0.2, 0.25) is 5.91 Å². The minimum Gasteiger partial charge on any atom is -0.383 e. The van der Waals surface area contributed by atoms with Crippen molar-refractivity contribution >= 4 is 17.9 Å². The van der Waals surface area contributed by atoms with Crippen LogP contribution < -0.4 is 5.32 Å². The molecule has 4 nitrogen and oxygen atoms in total. The Balaban J connectivity index is 1.46. The number of nitrogens with zero attached hydrogens (tertiary/aromatic N) is 1. The smallest absolute Gasteiger partial charge is 0.383 e. The fourth-order valence-electron chi connectivity index (χ4n) is 5.31. The average molecular weight is 499 g/mol. The Morgan fingerprint density at radius 1 is 1.35 bits per heavy atom. The Morgan fingerprint density at radius 3 is 2.68 bits per heavy atom. The van der Waals surface area contributed by atoms with Gasteiger partial charge in [0.15, 0.2) is 0 Å². The molecule has 4 unspecified atom stereocenters. The second kappa shape index (κ2) is 11.5. The Kier molecular flexibility index (Phi) is 9.15. The van der Waals surface area contributed by atoms with Crippen LogP contribution in [0.4, 0.5) is 13.2 Å². The van der Waals surface area contributed by atoms with Crippen molar-refractivity contribution in [3.63, 3.8) is 0 Å². The third kappa shape index (κ3) is 7.01. The zero-order chi connectivity index (χ0) is 24.9. The van der Waals surface area contributed by atoms with Gasteiger partial charge in [-0.3, -0.25) is 4.79 Å². The average Bonchev–Trinajstić information content (AvgIpc) is 3.24. The summed E-state index contributed by atoms with van der Waals surface area (Å²) in [6.45, 7) is 9.55. The molecular formula is C26H37F3N2O2S. The number of carbonyl (C=O) groups excluding carboxylic acids is 1. The van der Waals surface area contributed by atoms with Crippen molar-refractivity contribution in [3.8, 4) is 0 Å². The quantitative estimate of drug-likeness (QED) is 0.321. The molecule has 1 saturated heterocycles. The predicted octanol–water partition coefficient (Wildman–Crippen LogP) is 6.06. The first kappa shape index (κ1) is 27.1. The van der Waals surface area contributed by atoms with Crippen LogP contribution in [0.2, 0.25) is 0 Å². The van der Waals surface area contributed by atoms with E-state index in [1.807, 2.05) is 10.4 Å². The van der Waals surface area contributed by atoms with Crippen LogP contribution in [-0.2, 0) is 11.0 Å². The summed E-state index contributed by atoms with van der Waals surface area (Å²) < 4.78 is 40.9. The zero-order valence-electron chi connectivity index (χ0n) is 20.1. The normalized spacial score (nSPS) is 26.2. The van der Waals surface area contributed by atoms with E-state index in [1.165, 1.54) is 24.1 Å². The van der Waals surface area contributed by atoms with Crippen molar-refractivity contribution in [2.45, 2.75) is 82.0 Å². The molecule has 2 fully saturated rings. The highest BCUT2D eigenvalue weighted by atomic mass is 32.2. The number of aliphatic hydroxyl groups is 1. The van der Waals surface area contributed by atoms with Crippen LogP contribution in [0.3, 0.4) is 0 Å². The highest BCUT2D eigenvalue weighted by molar-refractivity contribution is 7.97. The van der Waals surface area contributed by atoms with E-state index >= 15 is 0 Å². The third-order valence-electron chi connectivity index (χ3n) is 7.73. The van der Waals surface area contributed by atoms with Crippen molar-refractivity contribution in [1.82, 2.24) is 9.62 Å². The number of hydrogen-bond donors (Lipinski definition) is 2. The van der Waals surface area contributed by atoms with Crippen molar-refractivity contribution < 1.29 is 23.1 Å². The van der Waals surface area contributed by atoms with Crippen LogP contribution in [0.5, 0.6) is 0 Å². The summed E-state index contributed by atoms with van der Waals surface area (Å²) in [5.74, 6) is 0.696. The van der Waals surface area contributed by atoms with E-state index in [4.69, 9.17) is 0 Å². The van der Waals surface area contributed by atoms with E-state index in [9.17, 15) is 23.1 Å². The molecule has 1 amide bonds. The molecule has 0 aromatic heterocycles. The Morgan fingerprint density at radius 2 is 2.06 bits per heavy atom. The maximum Gasteiger partial charge on any atom is 0.416 e. The van der Waals surface area contributed by atoms with Crippen molar-refractivity contribution in [2.75, 3.05) is 13.1 Å². The van der Waals surface area contributed by atoms with E-state index in [0.717, 1.165) is 31.7 Å². The van der Waals surface area contributed by atoms with Crippen LogP contribution in [0.1, 0.15) is 64.4 Å². The van der Waals surface area contributed by atoms with Gasteiger partial charge >= 0.3 is 6.18 Å². The van der Waals surface area contributed by atoms with Crippen molar-refractivity contribution in [1.29, 1.82) is 0 Å². The molecule has 190 valence electrons. The van der Waals surface area contributed by atoms with Crippen LogP contribution in [0.25, 0.3) is 0 Å². The first-order valence-electron chi connectivity index (χ1n) is 12.3. The van der Waals surface area contributed by atoms with E-state index in [0.29, 0.717) is 49.1 Å². The maximum absolute atomic E-state index is 12.9. The monoisotopic (exact) mass is 498 g/mol. The predicted molar refractivity (Wildman–Crippen MR) is 130 cm³/mol. The molecule has 1 aliphatic carbocycles. The zero-order valence-corrected chi connectivity index (χ0v) is 20.9. The first-order chi connectivity index (χ1) is 16.0. The topological polar surface area (TPSA) is 52.6 Å². The van der Waals surface area contributed by atoms with E-state index in [2.05, 4.69) is 25.7 Å². The van der Waals surface area contributed by atoms with Gasteiger partial charge in [0.05, 0.1) is 5.56 Å². The van der Waals surface area contributed by atoms with Gasteiger partial charge in [-0.05, 0) is 85.9 Å². The van der Waals surface area contributed by atoms with Gasteiger partial charge in [-0.1, -0.05) is 32.4 Å². The maximum atomic E-state index is 12.9. The van der Waals surface area contributed by atoms with Crippen LogP contribution >= 0.6 is 11.9 Å². The summed E-state index contributed by atoms with van der Waals surface area (Å²) in [6.07, 6.45) is 2.61. The summed E-state index contributed by atoms with van der Waals surface area (Å²) in [5.41, 5.74) is -0.644. The van der Waals surface area contributed by atoms with Crippen molar-refractivity contribution in [3.05, 3.63) is 42.5 Å². The second-order valence-electron chi connectivity index (χ2n) is 10.00. The van der Waals surface area contributed by atoms with Crippen molar-refractivity contribution in [2.24, 2.45) is 17.3 Å². The lowest BCUT2D eigenvalue weighted by atomic mass is 9.76. The molecule has 1 aromatic carbocycles. The minimum absolute atomic E-state index is 0.00362. The Bertz CT molecular complexity index is 842. The number of allylic oxidation sites excluding steroid dienone is 1. The van der Waals surface area contributed by atoms with Crippen LogP contribution in [-0.4, -0.2) is 40.6 Å². The number of piperidine rings is 1. The van der Waals surface area contributed by atoms with Gasteiger partial charge in [-0.25, -0.2) is 4.31 Å². The largest absolute Gasteiger partial charge is 0.416 e. The molecular weight excluding hydrogens is 461 g/mol. The summed E-state index contributed by atoms with van der Waals surface area (Å²) in [5, 5.41) is 13.7. The van der Waals surface area contributed by atoms with Gasteiger partial charge in [-0.2, -0.15) is 13.2 Å². The minimum atomic E-state index is -4.35. The van der Waals surface area contributed by atoms with Gasteiger partial charge in [0.1, 0.15) is 6.10 Å². The van der Waals surface area contributed by atoms with Gasteiger partial charge in [-0.15, -0.1) is 6.58 Å². The van der Waals surface area contributed by atoms with Gasteiger partial charge < -0.3 is 10.4 Å². The summed E-state index contributed by atoms with van der Waals surface area (Å²) in [4.78, 5) is 13.3. The number of rotatable bonds is 9. The molecule has 34 heavy (non-hydrogen) atoms. The number of halogens is 3. The molecule has 1 aromatic rings. The summed E-state index contributed by atoms with van der Waals surface area (Å²) in [7, 11) is 0. The molecule has 0 radical (unpaired) electrons. The fraction of sp³-hybridized carbons (Fsp3) is 0.654. The molecule has 1 saturated carbocycles. The molecule has 0 spiro atoms. The molecule has 4 atom stereocenters. The fourth-order valence-corrected chi connectivity index (χ4v) is 6.32. The molecule has 2 N–H and O–H groups in total. The number of nitrogens with one attached hydrogen (secondary N) is 1. The van der Waals surface area contributed by atoms with Crippen LogP contribution in [0.15, 0.2) is 41.8 Å². The van der Waals surface area contributed by atoms with E-state index in [1.54, 1.807) is 6.07 Å². The number of aliphatic hydroxyl groups excluding tert-OH is 1. The lowest BCUT2D eigenvalue weighted by molar-refractivity contribution is -0.137.